The average molecular weight is 463 g/mol. The van der Waals surface area contributed by atoms with Crippen molar-refractivity contribution in [2.24, 2.45) is 5.10 Å². The summed E-state index contributed by atoms with van der Waals surface area (Å²) in [5.74, 6) is -0.789. The summed E-state index contributed by atoms with van der Waals surface area (Å²) in [6.45, 7) is 0.274. The molecule has 1 N–H and O–H groups in total. The minimum absolute atomic E-state index is 0.274. The highest BCUT2D eigenvalue weighted by Crippen LogP contribution is 2.19. The van der Waals surface area contributed by atoms with Gasteiger partial charge >= 0.3 is 5.69 Å². The fourth-order valence-electron chi connectivity index (χ4n) is 2.40. The Hall–Kier alpha value is -3.04. The van der Waals surface area contributed by atoms with Gasteiger partial charge in [-0.15, -0.1) is 0 Å². The number of carbonyl (C=O) groups is 1. The summed E-state index contributed by atoms with van der Waals surface area (Å²) < 4.78 is 2.21. The fourth-order valence-corrected chi connectivity index (χ4v) is 3.03. The molecular weight excluding hydrogens is 450 g/mol. The summed E-state index contributed by atoms with van der Waals surface area (Å²) in [4.78, 5) is 23.0. The largest absolute Gasteiger partial charge is 0.320 e. The number of carbonyl (C=O) groups excluding carboxylic acids is 1. The normalized spacial score (nSPS) is 10.9. The van der Waals surface area contributed by atoms with Gasteiger partial charge in [-0.3, -0.25) is 19.6 Å². The first-order chi connectivity index (χ1) is 13.4. The van der Waals surface area contributed by atoms with E-state index in [0.29, 0.717) is 10.6 Å². The Morgan fingerprint density at radius 3 is 2.82 bits per heavy atom. The van der Waals surface area contributed by atoms with Crippen molar-refractivity contribution in [3.63, 3.8) is 0 Å². The van der Waals surface area contributed by atoms with Gasteiger partial charge in [0, 0.05) is 15.1 Å². The van der Waals surface area contributed by atoms with Crippen molar-refractivity contribution in [1.29, 1.82) is 0 Å². The molecule has 0 spiro atoms. The van der Waals surface area contributed by atoms with Gasteiger partial charge in [0.1, 0.15) is 6.20 Å². The Morgan fingerprint density at radius 2 is 2.11 bits per heavy atom. The van der Waals surface area contributed by atoms with E-state index < -0.39 is 16.5 Å². The molecule has 0 unspecified atom stereocenters. The molecule has 1 heterocycles. The number of benzene rings is 2. The van der Waals surface area contributed by atoms with E-state index in [-0.39, 0.29) is 12.2 Å². The molecule has 3 rings (SSSR count). The van der Waals surface area contributed by atoms with Gasteiger partial charge in [0.25, 0.3) is 5.91 Å². The summed E-state index contributed by atoms with van der Waals surface area (Å²) in [5.41, 5.74) is 2.98. The zero-order valence-corrected chi connectivity index (χ0v) is 16.6. The van der Waals surface area contributed by atoms with E-state index in [1.165, 1.54) is 17.1 Å². The number of hydrazone groups is 1. The summed E-state index contributed by atoms with van der Waals surface area (Å²) in [6.07, 6.45) is 2.57. The third kappa shape index (κ3) is 4.81. The van der Waals surface area contributed by atoms with E-state index >= 15 is 0 Å². The highest BCUT2D eigenvalue weighted by molar-refractivity contribution is 9.10. The molecule has 28 heavy (non-hydrogen) atoms. The molecule has 3 aromatic rings. The zero-order chi connectivity index (χ0) is 20.1. The number of halogens is 2. The van der Waals surface area contributed by atoms with Gasteiger partial charge in [-0.2, -0.15) is 10.2 Å². The van der Waals surface area contributed by atoms with Gasteiger partial charge in [0.15, 0.2) is 0 Å². The fraction of sp³-hybridized carbons (Fsp3) is 0.0556. The molecule has 2 aromatic carbocycles. The van der Waals surface area contributed by atoms with E-state index in [2.05, 4.69) is 31.6 Å². The van der Waals surface area contributed by atoms with Crippen LogP contribution in [0.5, 0.6) is 0 Å². The second-order valence-electron chi connectivity index (χ2n) is 5.67. The predicted molar refractivity (Wildman–Crippen MR) is 109 cm³/mol. The molecular formula is C18H13BrClN5O3. The number of rotatable bonds is 6. The lowest BCUT2D eigenvalue weighted by Crippen LogP contribution is -2.19. The topological polar surface area (TPSA) is 102 Å². The first-order valence-electron chi connectivity index (χ1n) is 7.98. The molecule has 0 saturated heterocycles. The SMILES string of the molecule is O=C(NN=Cc1ccccc1Cl)c1nn(Cc2cccc(Br)c2)cc1[N+](=O)[O-]. The van der Waals surface area contributed by atoms with Crippen molar-refractivity contribution in [3.8, 4) is 0 Å². The van der Waals surface area contributed by atoms with E-state index in [9.17, 15) is 14.9 Å². The summed E-state index contributed by atoms with van der Waals surface area (Å²) in [5, 5.41) is 19.6. The molecule has 0 aliphatic heterocycles. The lowest BCUT2D eigenvalue weighted by Gasteiger charge is -2.01. The second kappa shape index (κ2) is 8.77. The van der Waals surface area contributed by atoms with Crippen LogP contribution in [0, 0.1) is 10.1 Å². The molecule has 0 fully saturated rings. The van der Waals surface area contributed by atoms with E-state index in [0.717, 1.165) is 10.0 Å². The third-order valence-electron chi connectivity index (χ3n) is 3.66. The maximum Gasteiger partial charge on any atom is 0.320 e. The van der Waals surface area contributed by atoms with Gasteiger partial charge in [-0.25, -0.2) is 5.43 Å². The first-order valence-corrected chi connectivity index (χ1v) is 9.15. The Bertz CT molecular complexity index is 1070. The maximum absolute atomic E-state index is 12.3. The standard InChI is InChI=1S/C18H13BrClN5O3/c19-14-6-3-4-12(8-14)10-24-11-16(25(27)28)17(23-24)18(26)22-21-9-13-5-1-2-7-15(13)20/h1-9,11H,10H2,(H,22,26). The minimum Gasteiger partial charge on any atom is -0.265 e. The van der Waals surface area contributed by atoms with Crippen LogP contribution in [0.3, 0.4) is 0 Å². The number of hydrogen-bond donors (Lipinski definition) is 1. The van der Waals surface area contributed by atoms with Crippen molar-refractivity contribution in [3.05, 3.63) is 91.2 Å². The van der Waals surface area contributed by atoms with E-state index in [1.54, 1.807) is 24.3 Å². The lowest BCUT2D eigenvalue weighted by atomic mass is 10.2. The van der Waals surface area contributed by atoms with Crippen molar-refractivity contribution < 1.29 is 9.72 Å². The predicted octanol–water partition coefficient (Wildman–Crippen LogP) is 4.02. The number of nitrogens with one attached hydrogen (secondary N) is 1. The van der Waals surface area contributed by atoms with Crippen molar-refractivity contribution in [2.45, 2.75) is 6.54 Å². The number of nitrogens with zero attached hydrogens (tertiary/aromatic N) is 4. The summed E-state index contributed by atoms with van der Waals surface area (Å²) >= 11 is 9.37. The Balaban J connectivity index is 1.78. The van der Waals surface area contributed by atoms with Crippen LogP contribution in [0.15, 0.2) is 64.3 Å². The number of nitro groups is 1. The molecule has 0 bridgehead atoms. The van der Waals surface area contributed by atoms with Crippen LogP contribution >= 0.6 is 27.5 Å². The molecule has 8 nitrogen and oxygen atoms in total. The molecule has 0 saturated carbocycles. The van der Waals surface area contributed by atoms with Crippen LogP contribution in [0.25, 0.3) is 0 Å². The Morgan fingerprint density at radius 1 is 1.32 bits per heavy atom. The summed E-state index contributed by atoms with van der Waals surface area (Å²) in [6, 6.07) is 14.3. The van der Waals surface area contributed by atoms with E-state index in [1.807, 2.05) is 24.3 Å². The highest BCUT2D eigenvalue weighted by Gasteiger charge is 2.25. The van der Waals surface area contributed by atoms with Crippen LogP contribution in [0.4, 0.5) is 5.69 Å². The van der Waals surface area contributed by atoms with Crippen LogP contribution < -0.4 is 5.43 Å². The molecule has 1 aromatic heterocycles. The third-order valence-corrected chi connectivity index (χ3v) is 4.50. The van der Waals surface area contributed by atoms with Gasteiger partial charge in [0.05, 0.1) is 17.7 Å². The molecule has 142 valence electrons. The van der Waals surface area contributed by atoms with Crippen molar-refractivity contribution in [2.75, 3.05) is 0 Å². The Labute approximate surface area is 173 Å². The number of amides is 1. The molecule has 0 atom stereocenters. The summed E-state index contributed by atoms with van der Waals surface area (Å²) in [7, 11) is 0. The molecule has 0 radical (unpaired) electrons. The van der Waals surface area contributed by atoms with Crippen LogP contribution in [0.1, 0.15) is 21.6 Å². The Kier molecular flexibility index (Phi) is 6.17. The smallest absolute Gasteiger partial charge is 0.265 e. The van der Waals surface area contributed by atoms with Crippen molar-refractivity contribution >= 4 is 45.3 Å². The van der Waals surface area contributed by atoms with E-state index in [4.69, 9.17) is 11.6 Å². The van der Waals surface area contributed by atoms with Gasteiger partial charge in [0.2, 0.25) is 5.69 Å². The molecule has 0 aliphatic rings. The van der Waals surface area contributed by atoms with Crippen molar-refractivity contribution in [1.82, 2.24) is 15.2 Å². The maximum atomic E-state index is 12.3. The highest BCUT2D eigenvalue weighted by atomic mass is 79.9. The van der Waals surface area contributed by atoms with Crippen LogP contribution in [0.2, 0.25) is 5.02 Å². The second-order valence-corrected chi connectivity index (χ2v) is 6.99. The number of aromatic nitrogens is 2. The first kappa shape index (κ1) is 19.7. The monoisotopic (exact) mass is 461 g/mol. The van der Waals surface area contributed by atoms with Crippen LogP contribution in [-0.2, 0) is 6.54 Å². The molecule has 1 amide bonds. The quantitative estimate of drug-likeness (QED) is 0.339. The lowest BCUT2D eigenvalue weighted by molar-refractivity contribution is -0.385. The zero-order valence-electron chi connectivity index (χ0n) is 14.3. The van der Waals surface area contributed by atoms with Gasteiger partial charge in [-0.1, -0.05) is 57.9 Å². The van der Waals surface area contributed by atoms with Gasteiger partial charge in [-0.05, 0) is 23.8 Å². The van der Waals surface area contributed by atoms with Crippen LogP contribution in [-0.4, -0.2) is 26.8 Å². The molecule has 0 aliphatic carbocycles. The minimum atomic E-state index is -0.789. The number of hydrogen-bond acceptors (Lipinski definition) is 5. The molecule has 10 heteroatoms. The average Bonchev–Trinajstić information content (AvgIpc) is 3.07. The van der Waals surface area contributed by atoms with Gasteiger partial charge < -0.3 is 0 Å².